The standard InChI is InChI=1S/C20H22N4O2/c1-23(2)13-12-21-19(25)15-10-8-14(9-11-15)18-20(26)24(3)17-7-5-4-6-16(17)22-18/h4-11H,12-13H2,1-3H3,(H,21,25). The van der Waals surface area contributed by atoms with Crippen LogP contribution in [0.2, 0.25) is 0 Å². The van der Waals surface area contributed by atoms with Crippen molar-refractivity contribution in [2.24, 2.45) is 7.05 Å². The van der Waals surface area contributed by atoms with E-state index in [1.165, 1.54) is 0 Å². The molecule has 1 amide bonds. The summed E-state index contributed by atoms with van der Waals surface area (Å²) >= 11 is 0. The molecule has 0 spiro atoms. The topological polar surface area (TPSA) is 67.2 Å². The van der Waals surface area contributed by atoms with E-state index in [4.69, 9.17) is 0 Å². The molecule has 134 valence electrons. The number of nitrogens with zero attached hydrogens (tertiary/aromatic N) is 3. The van der Waals surface area contributed by atoms with Crippen molar-refractivity contribution in [3.05, 3.63) is 64.4 Å². The summed E-state index contributed by atoms with van der Waals surface area (Å²) in [5.74, 6) is -0.127. The zero-order valence-corrected chi connectivity index (χ0v) is 15.2. The third-order valence-electron chi connectivity index (χ3n) is 4.25. The number of likely N-dealkylation sites (N-methyl/N-ethyl adjacent to an activating group) is 1. The fourth-order valence-corrected chi connectivity index (χ4v) is 2.74. The quantitative estimate of drug-likeness (QED) is 0.763. The number of rotatable bonds is 5. The molecular weight excluding hydrogens is 328 g/mol. The van der Waals surface area contributed by atoms with Crippen LogP contribution < -0.4 is 10.9 Å². The fraction of sp³-hybridized carbons (Fsp3) is 0.250. The Bertz CT molecular complexity index is 991. The summed E-state index contributed by atoms with van der Waals surface area (Å²) in [7, 11) is 5.65. The van der Waals surface area contributed by atoms with Gasteiger partial charge in [0.05, 0.1) is 11.0 Å². The third-order valence-corrected chi connectivity index (χ3v) is 4.25. The van der Waals surface area contributed by atoms with Crippen molar-refractivity contribution in [1.82, 2.24) is 19.8 Å². The van der Waals surface area contributed by atoms with Crippen molar-refractivity contribution >= 4 is 16.9 Å². The maximum atomic E-state index is 12.6. The number of amides is 1. The van der Waals surface area contributed by atoms with Crippen molar-refractivity contribution in [1.29, 1.82) is 0 Å². The largest absolute Gasteiger partial charge is 0.351 e. The number of aryl methyl sites for hydroxylation is 1. The van der Waals surface area contributed by atoms with Gasteiger partial charge in [-0.25, -0.2) is 4.98 Å². The molecule has 6 nitrogen and oxygen atoms in total. The van der Waals surface area contributed by atoms with Gasteiger partial charge in [0.1, 0.15) is 5.69 Å². The molecule has 0 radical (unpaired) electrons. The summed E-state index contributed by atoms with van der Waals surface area (Å²) in [5, 5.41) is 2.87. The molecule has 6 heteroatoms. The van der Waals surface area contributed by atoms with Crippen molar-refractivity contribution in [2.45, 2.75) is 0 Å². The lowest BCUT2D eigenvalue weighted by Gasteiger charge is -2.11. The number of carbonyl (C=O) groups excluding carboxylic acids is 1. The molecule has 1 N–H and O–H groups in total. The number of nitrogens with one attached hydrogen (secondary N) is 1. The molecule has 0 aliphatic rings. The van der Waals surface area contributed by atoms with Gasteiger partial charge in [-0.3, -0.25) is 9.59 Å². The number of carbonyl (C=O) groups is 1. The Kier molecular flexibility index (Phi) is 5.14. The summed E-state index contributed by atoms with van der Waals surface area (Å²) in [6.45, 7) is 1.36. The maximum absolute atomic E-state index is 12.6. The first-order chi connectivity index (χ1) is 12.5. The van der Waals surface area contributed by atoms with Crippen LogP contribution in [0.3, 0.4) is 0 Å². The Morgan fingerprint density at radius 3 is 2.50 bits per heavy atom. The molecule has 0 aliphatic heterocycles. The summed E-state index contributed by atoms with van der Waals surface area (Å²) in [6, 6.07) is 14.5. The lowest BCUT2D eigenvalue weighted by Crippen LogP contribution is -2.31. The highest BCUT2D eigenvalue weighted by Gasteiger charge is 2.12. The molecule has 2 aromatic carbocycles. The molecule has 1 heterocycles. The van der Waals surface area contributed by atoms with Crippen LogP contribution in [0.4, 0.5) is 0 Å². The SMILES string of the molecule is CN(C)CCNC(=O)c1ccc(-c2nc3ccccc3n(C)c2=O)cc1. The van der Waals surface area contributed by atoms with E-state index in [1.807, 2.05) is 43.3 Å². The number of hydrogen-bond donors (Lipinski definition) is 1. The van der Waals surface area contributed by atoms with Crippen molar-refractivity contribution < 1.29 is 4.79 Å². The highest BCUT2D eigenvalue weighted by Crippen LogP contribution is 2.17. The van der Waals surface area contributed by atoms with Gasteiger partial charge < -0.3 is 14.8 Å². The molecule has 3 rings (SSSR count). The van der Waals surface area contributed by atoms with Crippen LogP contribution in [-0.2, 0) is 7.05 Å². The van der Waals surface area contributed by atoms with Crippen LogP contribution in [0, 0.1) is 0 Å². The Hall–Kier alpha value is -2.99. The normalized spacial score (nSPS) is 11.1. The number of aromatic nitrogens is 2. The Morgan fingerprint density at radius 1 is 1.12 bits per heavy atom. The van der Waals surface area contributed by atoms with E-state index < -0.39 is 0 Å². The van der Waals surface area contributed by atoms with E-state index in [2.05, 4.69) is 10.3 Å². The van der Waals surface area contributed by atoms with Crippen LogP contribution in [0.1, 0.15) is 10.4 Å². The maximum Gasteiger partial charge on any atom is 0.277 e. The van der Waals surface area contributed by atoms with Gasteiger partial charge in [-0.05, 0) is 38.4 Å². The first-order valence-corrected chi connectivity index (χ1v) is 8.46. The molecule has 0 fully saturated rings. The van der Waals surface area contributed by atoms with Gasteiger partial charge in [-0.15, -0.1) is 0 Å². The van der Waals surface area contributed by atoms with E-state index in [0.29, 0.717) is 23.4 Å². The Balaban J connectivity index is 1.87. The van der Waals surface area contributed by atoms with Gasteiger partial charge in [0.15, 0.2) is 0 Å². The van der Waals surface area contributed by atoms with Gasteiger partial charge in [0.2, 0.25) is 0 Å². The Labute approximate surface area is 152 Å². The monoisotopic (exact) mass is 350 g/mol. The molecule has 0 aliphatic carbocycles. The molecule has 26 heavy (non-hydrogen) atoms. The summed E-state index contributed by atoms with van der Waals surface area (Å²) in [5.41, 5.74) is 3.03. The number of benzene rings is 2. The summed E-state index contributed by atoms with van der Waals surface area (Å²) < 4.78 is 1.60. The van der Waals surface area contributed by atoms with Crippen molar-refractivity contribution in [3.63, 3.8) is 0 Å². The van der Waals surface area contributed by atoms with Gasteiger partial charge in [-0.2, -0.15) is 0 Å². The minimum Gasteiger partial charge on any atom is -0.351 e. The highest BCUT2D eigenvalue weighted by atomic mass is 16.1. The first kappa shape index (κ1) is 17.8. The lowest BCUT2D eigenvalue weighted by atomic mass is 10.1. The smallest absolute Gasteiger partial charge is 0.277 e. The molecule has 1 aromatic heterocycles. The van der Waals surface area contributed by atoms with Crippen LogP contribution in [0.5, 0.6) is 0 Å². The van der Waals surface area contributed by atoms with E-state index in [0.717, 1.165) is 17.6 Å². The third kappa shape index (κ3) is 3.65. The second kappa shape index (κ2) is 7.49. The van der Waals surface area contributed by atoms with E-state index in [9.17, 15) is 9.59 Å². The van der Waals surface area contributed by atoms with Crippen molar-refractivity contribution in [3.8, 4) is 11.3 Å². The van der Waals surface area contributed by atoms with Crippen LogP contribution in [0.15, 0.2) is 53.3 Å². The second-order valence-electron chi connectivity index (χ2n) is 6.45. The average molecular weight is 350 g/mol. The summed E-state index contributed by atoms with van der Waals surface area (Å²) in [6.07, 6.45) is 0. The number of fused-ring (bicyclic) bond motifs is 1. The predicted octanol–water partition coefficient (Wildman–Crippen LogP) is 1.89. The molecule has 0 saturated carbocycles. The Morgan fingerprint density at radius 2 is 1.81 bits per heavy atom. The molecule has 0 unspecified atom stereocenters. The summed E-state index contributed by atoms with van der Waals surface area (Å²) in [4.78, 5) is 31.3. The van der Waals surface area contributed by atoms with Gasteiger partial charge in [0.25, 0.3) is 11.5 Å². The zero-order valence-electron chi connectivity index (χ0n) is 15.2. The molecule has 0 saturated heterocycles. The number of para-hydroxylation sites is 2. The minimum atomic E-state index is -0.160. The van der Waals surface area contributed by atoms with Gasteiger partial charge >= 0.3 is 0 Å². The van der Waals surface area contributed by atoms with E-state index in [1.54, 1.807) is 35.9 Å². The zero-order chi connectivity index (χ0) is 18.7. The lowest BCUT2D eigenvalue weighted by molar-refractivity contribution is 0.0951. The highest BCUT2D eigenvalue weighted by molar-refractivity contribution is 5.94. The number of hydrogen-bond acceptors (Lipinski definition) is 4. The minimum absolute atomic E-state index is 0.127. The fourth-order valence-electron chi connectivity index (χ4n) is 2.74. The predicted molar refractivity (Wildman–Crippen MR) is 103 cm³/mol. The molecular formula is C20H22N4O2. The molecule has 3 aromatic rings. The second-order valence-corrected chi connectivity index (χ2v) is 6.45. The van der Waals surface area contributed by atoms with Crippen LogP contribution in [-0.4, -0.2) is 47.5 Å². The van der Waals surface area contributed by atoms with Gasteiger partial charge in [0, 0.05) is 31.3 Å². The van der Waals surface area contributed by atoms with E-state index in [-0.39, 0.29) is 11.5 Å². The average Bonchev–Trinajstić information content (AvgIpc) is 2.64. The van der Waals surface area contributed by atoms with Crippen LogP contribution >= 0.6 is 0 Å². The van der Waals surface area contributed by atoms with Crippen LogP contribution in [0.25, 0.3) is 22.3 Å². The van der Waals surface area contributed by atoms with E-state index >= 15 is 0 Å². The molecule has 0 atom stereocenters. The van der Waals surface area contributed by atoms with Gasteiger partial charge in [-0.1, -0.05) is 24.3 Å². The molecule has 0 bridgehead atoms. The van der Waals surface area contributed by atoms with Crippen molar-refractivity contribution in [2.75, 3.05) is 27.2 Å². The first-order valence-electron chi connectivity index (χ1n) is 8.46.